The number of imidazole rings is 1. The van der Waals surface area contributed by atoms with E-state index in [2.05, 4.69) is 317 Å². The summed E-state index contributed by atoms with van der Waals surface area (Å²) in [4.78, 5) is 17.3. The van der Waals surface area contributed by atoms with E-state index >= 15 is 0 Å². The first kappa shape index (κ1) is 106. The van der Waals surface area contributed by atoms with Crippen LogP contribution in [0, 0.1) is 94.0 Å². The summed E-state index contributed by atoms with van der Waals surface area (Å²) in [7, 11) is 0. The minimum atomic E-state index is 0. The van der Waals surface area contributed by atoms with E-state index in [9.17, 15) is 0 Å². The van der Waals surface area contributed by atoms with Crippen molar-refractivity contribution in [1.82, 2.24) is 28.9 Å². The molecule has 5 radical (unpaired) electrons. The molecule has 13 aromatic rings. The number of hydrazine groups is 1. The third-order valence-corrected chi connectivity index (χ3v) is 19.4. The predicted octanol–water partition coefficient (Wildman–Crippen LogP) is 21.1. The second-order valence-electron chi connectivity index (χ2n) is 25.7. The molecular weight excluding hydrogens is 2730 g/mol. The summed E-state index contributed by atoms with van der Waals surface area (Å²) >= 11 is 0. The fourth-order valence-corrected chi connectivity index (χ4v) is 14.6. The molecule has 3 aromatic heterocycles. The zero-order valence-electron chi connectivity index (χ0n) is 65.7. The van der Waals surface area contributed by atoms with Gasteiger partial charge in [0.1, 0.15) is 0 Å². The van der Waals surface area contributed by atoms with Crippen LogP contribution in [0.25, 0.3) is 67.4 Å². The molecule has 25 heteroatoms. The Morgan fingerprint density at radius 3 is 1.40 bits per heavy atom. The van der Waals surface area contributed by atoms with Gasteiger partial charge in [0.15, 0.2) is 0 Å². The minimum absolute atomic E-state index is 0. The van der Waals surface area contributed by atoms with Gasteiger partial charge < -0.3 is 96.1 Å². The van der Waals surface area contributed by atoms with Crippen LogP contribution in [0.1, 0.15) is 48.1 Å². The molecule has 9 aliphatic heterocycles. The van der Waals surface area contributed by atoms with Gasteiger partial charge in [0.25, 0.3) is 0 Å². The van der Waals surface area contributed by atoms with E-state index in [0.717, 1.165) is 79.7 Å². The molecule has 585 valence electrons. The average Bonchev–Trinajstić information content (AvgIpc) is 1.60. The number of aromatic nitrogens is 5. The molecule has 1 aliphatic carbocycles. The van der Waals surface area contributed by atoms with Crippen LogP contribution >= 0.6 is 0 Å². The maximum atomic E-state index is 4.86. The second-order valence-corrected chi connectivity index (χ2v) is 25.7. The summed E-state index contributed by atoms with van der Waals surface area (Å²) in [6, 6.07) is 102. The number of hydrogen-bond donors (Lipinski definition) is 0. The zero-order valence-corrected chi connectivity index (χ0v) is 91.8. The van der Waals surface area contributed by atoms with Crippen LogP contribution in [0.3, 0.4) is 0 Å². The average molecular weight is 2810 g/mol. The Morgan fingerprint density at radius 1 is 0.398 bits per heavy atom. The molecule has 0 N–H and O–H groups in total. The van der Waals surface area contributed by atoms with E-state index in [1.54, 1.807) is 0 Å². The van der Waals surface area contributed by atoms with Crippen LogP contribution in [-0.2, 0) is 264 Å². The summed E-state index contributed by atoms with van der Waals surface area (Å²) in [6.45, 7) is 12.7. The summed E-state index contributed by atoms with van der Waals surface area (Å²) in [5.74, 6) is 0. The Kier molecular flexibility index (Phi) is 42.1. The van der Waals surface area contributed by atoms with Gasteiger partial charge >= 0.3 is 101 Å². The molecule has 1 unspecified atom stereocenters. The largest absolute Gasteiger partial charge is 3.00 e. The Balaban J connectivity index is 0.000000301. The van der Waals surface area contributed by atoms with Crippen LogP contribution in [0.2, 0.25) is 0 Å². The number of nitrogens with zero attached hydrogens (tertiary/aromatic N) is 15. The number of rotatable bonds is 4. The fraction of sp³-hybridized carbons (Fsp3) is 0.0430. The first-order valence-electron chi connectivity index (χ1n) is 34.3. The van der Waals surface area contributed by atoms with E-state index in [-0.39, 0.29) is 307 Å². The summed E-state index contributed by atoms with van der Waals surface area (Å²) in [5.41, 5.74) is 32.6. The quantitative estimate of drug-likeness (QED) is 0.158. The van der Waals surface area contributed by atoms with Crippen molar-refractivity contribution < 1.29 is 264 Å². The van der Waals surface area contributed by atoms with Gasteiger partial charge in [-0.3, -0.25) is 4.68 Å². The van der Waals surface area contributed by atoms with Gasteiger partial charge in [-0.1, -0.05) is 131 Å². The van der Waals surface area contributed by atoms with E-state index in [1.807, 2.05) is 133 Å². The van der Waals surface area contributed by atoms with Gasteiger partial charge in [0.2, 0.25) is 0 Å². The van der Waals surface area contributed by atoms with Crippen molar-refractivity contribution in [3.63, 3.8) is 0 Å². The van der Waals surface area contributed by atoms with Crippen molar-refractivity contribution in [3.05, 3.63) is 438 Å². The molecule has 10 aromatic carbocycles. The van der Waals surface area contributed by atoms with Crippen molar-refractivity contribution in [2.75, 3.05) is 39.4 Å². The maximum Gasteiger partial charge on any atom is 3.00 e. The van der Waals surface area contributed by atoms with Gasteiger partial charge in [-0.25, -0.2) is 4.98 Å². The van der Waals surface area contributed by atoms with Gasteiger partial charge in [-0.15, -0.1) is 62.1 Å². The van der Waals surface area contributed by atoms with Crippen LogP contribution in [0.15, 0.2) is 311 Å². The first-order chi connectivity index (χ1) is 51.0. The normalized spacial score (nSPS) is 14.0. The molecule has 23 rings (SSSR count). The Morgan fingerprint density at radius 2 is 0.839 bits per heavy atom. The van der Waals surface area contributed by atoms with Gasteiger partial charge in [-0.2, -0.15) is 120 Å². The molecule has 1 atom stereocenters. The molecular formula is C93H78Ir5N15Y5. The Hall–Kier alpha value is -4.60. The molecule has 10 aliphatic rings. The second kappa shape index (κ2) is 46.9. The molecule has 0 spiro atoms. The predicted molar refractivity (Wildman–Crippen MR) is 443 cm³/mol. The van der Waals surface area contributed by atoms with Gasteiger partial charge in [-0.05, 0) is 139 Å². The Bertz CT molecular complexity index is 5230. The van der Waals surface area contributed by atoms with Crippen molar-refractivity contribution in [1.29, 1.82) is 0 Å². The monoisotopic (exact) mass is 2810 g/mol. The summed E-state index contributed by atoms with van der Waals surface area (Å²) in [6.07, 6.45) is 20.4. The standard InChI is InChI=1S/C19H13N3.2C18H12N4.C18H16N2.C15H10N2.5CH3.5Ir.5Y/c1-2-7-15(8-3-1)20-13-19-18-11-6-12-21(18)16-9-4-5-10-17(16)22(19)14-20;1-2-6-14(7-3-1)20-11-18-17-10-19-12-21(17)15-8-4-5-9-16(15)22(18)13-20;1-2-6-14(7-3-1)20-12-18-17-10-11-19-22(17)16-9-5-4-8-15(16)21(18)13-20;1-12(2)20-11-17-15-9-4-3-7-13(15)14-8-5-6-10-16(14)18(17)19-20;1-3-8-14-12(6-1)13-7-2-4-9-15(13)17-11-5-10-16(14)17;;;;;;;;;;;;;;;/h1-9,11-14H;1-8,10-13H;1-7,9-13H;3-9,11-12,18H,1-2H3;1-8,10-11H;5*1H3;;;;;;;;;;/q5*-2;5*-1;5*+3;;;;;. The van der Waals surface area contributed by atoms with E-state index in [1.165, 1.54) is 56.0 Å². The first-order valence-corrected chi connectivity index (χ1v) is 34.3. The topological polar surface area (TPSA) is 83.8 Å². The van der Waals surface area contributed by atoms with Crippen molar-refractivity contribution in [3.8, 4) is 39.3 Å². The van der Waals surface area contributed by atoms with Crippen molar-refractivity contribution in [2.24, 2.45) is 0 Å². The van der Waals surface area contributed by atoms with E-state index in [0.29, 0.717) is 6.04 Å². The molecule has 0 bridgehead atoms. The zero-order chi connectivity index (χ0) is 68.5. The van der Waals surface area contributed by atoms with Gasteiger partial charge in [0.05, 0.1) is 41.0 Å². The number of benzene rings is 10. The molecule has 118 heavy (non-hydrogen) atoms. The summed E-state index contributed by atoms with van der Waals surface area (Å²) in [5, 5.41) is 10.8. The number of hydrogen-bond acceptors (Lipinski definition) is 11. The third-order valence-electron chi connectivity index (χ3n) is 19.4. The SMILES string of the molecule is CC(C)N1C=C2c3ccccc3-c3ccc[c-]c3C2[N-]1.[CH3-].[CH3-].[CH3-].[CH3-].[CH3-].[Ir+3].[Ir+3].[Ir+3].[Ir+3].[Ir+3].[Y].[Y].[Y].[Y].[Y].[c-]1cccc2c1N1[CH-]C=CN1c1ccccc1-2.[c-]1cccc2c1N1[CH-]N(c3ccccc3)C=C1c1cccn1-2.[c-]1cccc2c1N1[CH-]N(c3ccccc3)C=C1c1ccnn1-2.[c-]1cccc2c1N1[CH-]N(c3ccccc3)C=C1c1cncn1-2. The van der Waals surface area contributed by atoms with E-state index in [4.69, 9.17) is 5.43 Å². The molecule has 0 saturated heterocycles. The van der Waals surface area contributed by atoms with Crippen molar-refractivity contribution >= 4 is 68.2 Å². The van der Waals surface area contributed by atoms with E-state index < -0.39 is 0 Å². The van der Waals surface area contributed by atoms with Crippen molar-refractivity contribution in [2.45, 2.75) is 25.9 Å². The summed E-state index contributed by atoms with van der Waals surface area (Å²) < 4.78 is 6.30. The Labute approximate surface area is 890 Å². The number of anilines is 8. The third kappa shape index (κ3) is 20.0. The molecule has 12 heterocycles. The number of fused-ring (bicyclic) bond motifs is 30. The molecule has 0 amide bonds. The van der Waals surface area contributed by atoms with Crippen LogP contribution in [0.4, 0.5) is 45.5 Å². The maximum absolute atomic E-state index is 4.86. The molecule has 0 saturated carbocycles. The van der Waals surface area contributed by atoms with Crippen LogP contribution in [-0.4, -0.2) is 34.9 Å². The smallest absolute Gasteiger partial charge is 0.560 e. The molecule has 15 nitrogen and oxygen atoms in total. The fourth-order valence-electron chi connectivity index (χ4n) is 14.6. The van der Waals surface area contributed by atoms with Crippen LogP contribution < -0.4 is 39.4 Å². The number of para-hydroxylation sites is 8. The van der Waals surface area contributed by atoms with Crippen LogP contribution in [0.5, 0.6) is 0 Å². The minimum Gasteiger partial charge on any atom is -0.560 e. The van der Waals surface area contributed by atoms with Gasteiger partial charge in [0, 0.05) is 204 Å². The molecule has 0 fully saturated rings.